The van der Waals surface area contributed by atoms with E-state index < -0.39 is 0 Å². The predicted octanol–water partition coefficient (Wildman–Crippen LogP) is -0.808. The number of carbonyl (C=O) groups excluding carboxylic acids is 1. The summed E-state index contributed by atoms with van der Waals surface area (Å²) < 4.78 is 4.97. The molecule has 0 spiro atoms. The van der Waals surface area contributed by atoms with Crippen molar-refractivity contribution in [3.05, 3.63) is 0 Å². The number of methoxy groups -OCH3 is 1. The lowest BCUT2D eigenvalue weighted by atomic mass is 10.3. The van der Waals surface area contributed by atoms with Crippen LogP contribution in [-0.2, 0) is 9.53 Å². The summed E-state index contributed by atoms with van der Waals surface area (Å²) >= 11 is 0. The minimum atomic E-state index is -0.221. The molecule has 0 aromatic rings. The van der Waals surface area contributed by atoms with Crippen molar-refractivity contribution >= 4 is 5.91 Å². The smallest absolute Gasteiger partial charge is 0.251 e. The van der Waals surface area contributed by atoms with E-state index in [4.69, 9.17) is 10.5 Å². The van der Waals surface area contributed by atoms with Crippen molar-refractivity contribution in [3.8, 4) is 0 Å². The maximum absolute atomic E-state index is 11.3. The van der Waals surface area contributed by atoms with Gasteiger partial charge in [-0.1, -0.05) is 0 Å². The van der Waals surface area contributed by atoms with Gasteiger partial charge >= 0.3 is 0 Å². The Balaban J connectivity index is 2.42. The summed E-state index contributed by atoms with van der Waals surface area (Å²) in [7, 11) is 1.56. The first-order valence-corrected chi connectivity index (χ1v) is 3.81. The molecule has 4 nitrogen and oxygen atoms in total. The van der Waals surface area contributed by atoms with Crippen molar-refractivity contribution in [1.29, 1.82) is 0 Å². The fourth-order valence-electron chi connectivity index (χ4n) is 1.31. The number of hydrogen-bond acceptors (Lipinski definition) is 3. The van der Waals surface area contributed by atoms with E-state index in [-0.39, 0.29) is 12.0 Å². The minimum Gasteiger partial charge on any atom is -0.372 e. The minimum absolute atomic E-state index is 0.0814. The first kappa shape index (κ1) is 8.49. The van der Waals surface area contributed by atoms with Gasteiger partial charge in [0, 0.05) is 33.2 Å². The van der Waals surface area contributed by atoms with Crippen molar-refractivity contribution in [3.63, 3.8) is 0 Å². The fourth-order valence-corrected chi connectivity index (χ4v) is 1.31. The predicted molar refractivity (Wildman–Crippen MR) is 41.0 cm³/mol. The quantitative estimate of drug-likeness (QED) is 0.584. The molecule has 2 N–H and O–H groups in total. The van der Waals surface area contributed by atoms with E-state index in [1.54, 1.807) is 12.0 Å². The third kappa shape index (κ3) is 1.70. The number of amides is 1. The largest absolute Gasteiger partial charge is 0.372 e. The molecule has 0 aromatic heterocycles. The molecule has 1 fully saturated rings. The molecule has 11 heavy (non-hydrogen) atoms. The van der Waals surface area contributed by atoms with Gasteiger partial charge in [-0.05, 0) is 0 Å². The number of hydrogen-bond donors (Lipinski definition) is 1. The van der Waals surface area contributed by atoms with Crippen LogP contribution in [0, 0.1) is 0 Å². The van der Waals surface area contributed by atoms with Crippen molar-refractivity contribution in [1.82, 2.24) is 4.90 Å². The second-order valence-electron chi connectivity index (χ2n) is 2.63. The molecule has 64 valence electrons. The first-order valence-electron chi connectivity index (χ1n) is 3.81. The molecule has 1 aliphatic rings. The van der Waals surface area contributed by atoms with Gasteiger partial charge in [-0.15, -0.1) is 0 Å². The van der Waals surface area contributed by atoms with Crippen LogP contribution in [0.3, 0.4) is 0 Å². The van der Waals surface area contributed by atoms with E-state index in [2.05, 4.69) is 0 Å². The Morgan fingerprint density at radius 3 is 3.00 bits per heavy atom. The van der Waals surface area contributed by atoms with Gasteiger partial charge in [0.1, 0.15) is 6.10 Å². The van der Waals surface area contributed by atoms with Gasteiger partial charge in [0.05, 0.1) is 0 Å². The first-order chi connectivity index (χ1) is 5.29. The molecule has 1 heterocycles. The Bertz CT molecular complexity index is 149. The zero-order valence-corrected chi connectivity index (χ0v) is 6.75. The van der Waals surface area contributed by atoms with Crippen LogP contribution in [0.2, 0.25) is 0 Å². The molecular formula is C7H14N2O2. The van der Waals surface area contributed by atoms with Gasteiger partial charge in [0.15, 0.2) is 0 Å². The number of likely N-dealkylation sites (tertiary alicyclic amines) is 1. The van der Waals surface area contributed by atoms with Gasteiger partial charge < -0.3 is 15.4 Å². The third-order valence-corrected chi connectivity index (χ3v) is 1.93. The number of rotatable bonds is 3. The van der Waals surface area contributed by atoms with Gasteiger partial charge in [0.2, 0.25) is 0 Å². The molecule has 0 saturated carbocycles. The highest BCUT2D eigenvalue weighted by atomic mass is 16.5. The monoisotopic (exact) mass is 158 g/mol. The van der Waals surface area contributed by atoms with E-state index >= 15 is 0 Å². The van der Waals surface area contributed by atoms with Crippen molar-refractivity contribution < 1.29 is 9.53 Å². The Hall–Kier alpha value is -0.610. The van der Waals surface area contributed by atoms with Crippen LogP contribution < -0.4 is 5.73 Å². The van der Waals surface area contributed by atoms with Crippen LogP contribution in [0.1, 0.15) is 6.42 Å². The molecule has 1 rings (SSSR count). The lowest BCUT2D eigenvalue weighted by molar-refractivity contribution is -0.135. The summed E-state index contributed by atoms with van der Waals surface area (Å²) in [6.45, 7) is 1.97. The highest BCUT2D eigenvalue weighted by Gasteiger charge is 2.30. The average Bonchev–Trinajstić information content (AvgIpc) is 2.34. The summed E-state index contributed by atoms with van der Waals surface area (Å²) in [5.74, 6) is 0.0814. The molecule has 1 saturated heterocycles. The van der Waals surface area contributed by atoms with Gasteiger partial charge in [-0.25, -0.2) is 0 Å². The normalized spacial score (nSPS) is 24.7. The number of nitrogens with two attached hydrogens (primary N) is 1. The zero-order chi connectivity index (χ0) is 8.27. The Kier molecular flexibility index (Phi) is 2.84. The van der Waals surface area contributed by atoms with Gasteiger partial charge in [0.25, 0.3) is 5.91 Å². The van der Waals surface area contributed by atoms with Crippen molar-refractivity contribution in [2.45, 2.75) is 12.5 Å². The number of ether oxygens (including phenoxy) is 1. The van der Waals surface area contributed by atoms with Gasteiger partial charge in [-0.2, -0.15) is 0 Å². The van der Waals surface area contributed by atoms with Crippen LogP contribution in [0.25, 0.3) is 0 Å². The molecule has 0 radical (unpaired) electrons. The van der Waals surface area contributed by atoms with Gasteiger partial charge in [-0.3, -0.25) is 4.79 Å². The van der Waals surface area contributed by atoms with E-state index in [9.17, 15) is 4.79 Å². The molecule has 1 atom stereocenters. The topological polar surface area (TPSA) is 55.6 Å². The Morgan fingerprint density at radius 1 is 1.82 bits per heavy atom. The van der Waals surface area contributed by atoms with E-state index in [0.717, 1.165) is 13.0 Å². The SMILES string of the molecule is COC1CCN(CCN)C1=O. The summed E-state index contributed by atoms with van der Waals surface area (Å²) in [5, 5.41) is 0. The van der Waals surface area contributed by atoms with E-state index in [1.165, 1.54) is 0 Å². The molecule has 0 bridgehead atoms. The van der Waals surface area contributed by atoms with Crippen LogP contribution in [-0.4, -0.2) is 43.7 Å². The van der Waals surface area contributed by atoms with E-state index in [0.29, 0.717) is 13.1 Å². The molecule has 0 aliphatic carbocycles. The molecule has 4 heteroatoms. The van der Waals surface area contributed by atoms with Crippen LogP contribution in [0.15, 0.2) is 0 Å². The second-order valence-corrected chi connectivity index (χ2v) is 2.63. The Morgan fingerprint density at radius 2 is 2.55 bits per heavy atom. The molecule has 1 amide bonds. The summed E-state index contributed by atoms with van der Waals surface area (Å²) in [6.07, 6.45) is 0.580. The average molecular weight is 158 g/mol. The maximum atomic E-state index is 11.3. The van der Waals surface area contributed by atoms with Crippen molar-refractivity contribution in [2.24, 2.45) is 5.73 Å². The highest BCUT2D eigenvalue weighted by molar-refractivity contribution is 5.82. The van der Waals surface area contributed by atoms with Crippen LogP contribution >= 0.6 is 0 Å². The summed E-state index contributed by atoms with van der Waals surface area (Å²) in [6, 6.07) is 0. The van der Waals surface area contributed by atoms with E-state index in [1.807, 2.05) is 0 Å². The molecule has 0 aromatic carbocycles. The summed E-state index contributed by atoms with van der Waals surface area (Å²) in [5.41, 5.74) is 5.32. The Labute approximate surface area is 66.3 Å². The molecular weight excluding hydrogens is 144 g/mol. The highest BCUT2D eigenvalue weighted by Crippen LogP contribution is 2.12. The third-order valence-electron chi connectivity index (χ3n) is 1.93. The van der Waals surface area contributed by atoms with Crippen molar-refractivity contribution in [2.75, 3.05) is 26.7 Å². The number of nitrogens with zero attached hydrogens (tertiary/aromatic N) is 1. The lowest BCUT2D eigenvalue weighted by Gasteiger charge is -2.14. The standard InChI is InChI=1S/C7H14N2O2/c1-11-6-2-4-9(5-3-8)7(6)10/h6H,2-5,8H2,1H3. The zero-order valence-electron chi connectivity index (χ0n) is 6.75. The summed E-state index contributed by atoms with van der Waals surface area (Å²) in [4.78, 5) is 13.0. The molecule has 1 unspecified atom stereocenters. The van der Waals surface area contributed by atoms with Crippen LogP contribution in [0.5, 0.6) is 0 Å². The lowest BCUT2D eigenvalue weighted by Crippen LogP contribution is -2.34. The van der Waals surface area contributed by atoms with Crippen LogP contribution in [0.4, 0.5) is 0 Å². The second kappa shape index (κ2) is 3.69. The molecule has 1 aliphatic heterocycles. The fraction of sp³-hybridized carbons (Fsp3) is 0.857. The number of carbonyl (C=O) groups is 1. The maximum Gasteiger partial charge on any atom is 0.251 e.